The van der Waals surface area contributed by atoms with Gasteiger partial charge in [0.2, 0.25) is 0 Å². The van der Waals surface area contributed by atoms with Crippen LogP contribution in [-0.4, -0.2) is 0 Å². The molecular weight excluding hydrogens is 180 g/mol. The van der Waals surface area contributed by atoms with Gasteiger partial charge in [0.15, 0.2) is 0 Å². The lowest BCUT2D eigenvalue weighted by molar-refractivity contribution is 0.228. The fourth-order valence-corrected chi connectivity index (χ4v) is 2.60. The Hall–Kier alpha value is 0. The molecule has 0 heterocycles. The molecule has 0 fully saturated rings. The van der Waals surface area contributed by atoms with Crippen LogP contribution in [0.2, 0.25) is 0 Å². The van der Waals surface area contributed by atoms with E-state index in [0.717, 1.165) is 29.6 Å². The van der Waals surface area contributed by atoms with Crippen LogP contribution in [0.15, 0.2) is 0 Å². The van der Waals surface area contributed by atoms with Crippen molar-refractivity contribution >= 4 is 0 Å². The van der Waals surface area contributed by atoms with E-state index >= 15 is 0 Å². The summed E-state index contributed by atoms with van der Waals surface area (Å²) < 4.78 is 0. The van der Waals surface area contributed by atoms with Crippen LogP contribution in [-0.2, 0) is 0 Å². The zero-order chi connectivity index (χ0) is 12.0. The second kappa shape index (κ2) is 7.30. The van der Waals surface area contributed by atoms with Gasteiger partial charge < -0.3 is 0 Å². The van der Waals surface area contributed by atoms with Gasteiger partial charge in [0.25, 0.3) is 0 Å². The molecule has 92 valence electrons. The van der Waals surface area contributed by atoms with Gasteiger partial charge in [-0.2, -0.15) is 0 Å². The van der Waals surface area contributed by atoms with Crippen molar-refractivity contribution in [2.24, 2.45) is 29.6 Å². The lowest BCUT2D eigenvalue weighted by Gasteiger charge is -2.28. The summed E-state index contributed by atoms with van der Waals surface area (Å²) in [7, 11) is 0. The van der Waals surface area contributed by atoms with Gasteiger partial charge in [-0.15, -0.1) is 0 Å². The molecule has 0 amide bonds. The van der Waals surface area contributed by atoms with Crippen molar-refractivity contribution in [2.75, 3.05) is 0 Å². The van der Waals surface area contributed by atoms with Gasteiger partial charge >= 0.3 is 0 Å². The highest BCUT2D eigenvalue weighted by atomic mass is 14.3. The van der Waals surface area contributed by atoms with Gasteiger partial charge in [-0.3, -0.25) is 0 Å². The predicted octanol–water partition coefficient (Wildman–Crippen LogP) is 5.38. The molecule has 0 heteroatoms. The SMILES string of the molecule is CCC(C(C)C)C(C)CCC(C)C(C)C. The number of hydrogen-bond donors (Lipinski definition) is 0. The van der Waals surface area contributed by atoms with Gasteiger partial charge in [0.05, 0.1) is 0 Å². The van der Waals surface area contributed by atoms with Crippen LogP contribution in [0.25, 0.3) is 0 Å². The maximum absolute atomic E-state index is 2.45. The van der Waals surface area contributed by atoms with Gasteiger partial charge in [-0.05, 0) is 29.6 Å². The van der Waals surface area contributed by atoms with E-state index in [1.54, 1.807) is 0 Å². The molecule has 3 unspecified atom stereocenters. The first-order chi connectivity index (χ1) is 6.90. The molecule has 0 aromatic rings. The molecular formula is C15H32. The molecule has 0 aliphatic rings. The molecule has 0 aliphatic carbocycles. The molecule has 0 aromatic heterocycles. The topological polar surface area (TPSA) is 0 Å². The Balaban J connectivity index is 3.95. The second-order valence-electron chi connectivity index (χ2n) is 6.09. The minimum atomic E-state index is 0.844. The van der Waals surface area contributed by atoms with E-state index in [1.807, 2.05) is 0 Å². The van der Waals surface area contributed by atoms with Crippen LogP contribution < -0.4 is 0 Å². The third-order valence-corrected chi connectivity index (χ3v) is 4.27. The van der Waals surface area contributed by atoms with Crippen LogP contribution in [0.3, 0.4) is 0 Å². The lowest BCUT2D eigenvalue weighted by atomic mass is 9.78. The van der Waals surface area contributed by atoms with Gasteiger partial charge in [0.1, 0.15) is 0 Å². The van der Waals surface area contributed by atoms with Crippen LogP contribution in [0, 0.1) is 29.6 Å². The molecule has 0 spiro atoms. The number of rotatable bonds is 7. The van der Waals surface area contributed by atoms with E-state index < -0.39 is 0 Å². The summed E-state index contributed by atoms with van der Waals surface area (Å²) in [4.78, 5) is 0. The molecule has 0 rings (SSSR count). The Kier molecular flexibility index (Phi) is 7.30. The summed E-state index contributed by atoms with van der Waals surface area (Å²) >= 11 is 0. The predicted molar refractivity (Wildman–Crippen MR) is 71.0 cm³/mol. The molecule has 0 saturated heterocycles. The highest BCUT2D eigenvalue weighted by Gasteiger charge is 2.19. The number of hydrogen-bond acceptors (Lipinski definition) is 0. The van der Waals surface area contributed by atoms with E-state index in [9.17, 15) is 0 Å². The van der Waals surface area contributed by atoms with Crippen molar-refractivity contribution < 1.29 is 0 Å². The quantitative estimate of drug-likeness (QED) is 0.531. The van der Waals surface area contributed by atoms with E-state index in [2.05, 4.69) is 48.5 Å². The van der Waals surface area contributed by atoms with E-state index in [1.165, 1.54) is 19.3 Å². The molecule has 3 atom stereocenters. The van der Waals surface area contributed by atoms with Crippen LogP contribution in [0.5, 0.6) is 0 Å². The molecule has 0 radical (unpaired) electrons. The Morgan fingerprint density at radius 3 is 1.47 bits per heavy atom. The van der Waals surface area contributed by atoms with Crippen LogP contribution in [0.4, 0.5) is 0 Å². The monoisotopic (exact) mass is 212 g/mol. The Bertz CT molecular complexity index is 146. The minimum Gasteiger partial charge on any atom is -0.0651 e. The van der Waals surface area contributed by atoms with Gasteiger partial charge in [-0.1, -0.05) is 67.7 Å². The van der Waals surface area contributed by atoms with E-state index in [4.69, 9.17) is 0 Å². The van der Waals surface area contributed by atoms with Crippen molar-refractivity contribution in [1.82, 2.24) is 0 Å². The summed E-state index contributed by atoms with van der Waals surface area (Å²) in [5, 5.41) is 0. The summed E-state index contributed by atoms with van der Waals surface area (Å²) in [6, 6.07) is 0. The molecule has 15 heavy (non-hydrogen) atoms. The van der Waals surface area contributed by atoms with Crippen molar-refractivity contribution in [3.05, 3.63) is 0 Å². The lowest BCUT2D eigenvalue weighted by Crippen LogP contribution is -2.18. The summed E-state index contributed by atoms with van der Waals surface area (Å²) in [5.41, 5.74) is 0. The third-order valence-electron chi connectivity index (χ3n) is 4.27. The van der Waals surface area contributed by atoms with Crippen LogP contribution >= 0.6 is 0 Å². The second-order valence-corrected chi connectivity index (χ2v) is 6.09. The highest BCUT2D eigenvalue weighted by Crippen LogP contribution is 2.29. The summed E-state index contributed by atoms with van der Waals surface area (Å²) in [5.74, 6) is 4.40. The van der Waals surface area contributed by atoms with Crippen molar-refractivity contribution in [2.45, 2.75) is 67.7 Å². The van der Waals surface area contributed by atoms with E-state index in [-0.39, 0.29) is 0 Å². The Morgan fingerprint density at radius 1 is 0.667 bits per heavy atom. The van der Waals surface area contributed by atoms with Crippen LogP contribution in [0.1, 0.15) is 67.7 Å². The molecule has 0 aromatic carbocycles. The maximum atomic E-state index is 2.45. The first-order valence-corrected chi connectivity index (χ1v) is 6.90. The average molecular weight is 212 g/mol. The average Bonchev–Trinajstić information content (AvgIpc) is 2.14. The molecule has 0 bridgehead atoms. The van der Waals surface area contributed by atoms with Gasteiger partial charge in [-0.25, -0.2) is 0 Å². The van der Waals surface area contributed by atoms with Crippen molar-refractivity contribution in [1.29, 1.82) is 0 Å². The zero-order valence-electron chi connectivity index (χ0n) is 12.0. The minimum absolute atomic E-state index is 0.844. The van der Waals surface area contributed by atoms with Crippen molar-refractivity contribution in [3.63, 3.8) is 0 Å². The first-order valence-electron chi connectivity index (χ1n) is 6.90. The standard InChI is InChI=1S/C15H32/c1-8-15(12(4)5)14(7)10-9-13(6)11(2)3/h11-15H,8-10H2,1-7H3. The largest absolute Gasteiger partial charge is 0.0651 e. The van der Waals surface area contributed by atoms with Gasteiger partial charge in [0, 0.05) is 0 Å². The maximum Gasteiger partial charge on any atom is -0.0368 e. The zero-order valence-corrected chi connectivity index (χ0v) is 12.0. The third kappa shape index (κ3) is 5.58. The Labute approximate surface area is 97.8 Å². The Morgan fingerprint density at radius 2 is 1.13 bits per heavy atom. The normalized spacial score (nSPS) is 18.2. The fourth-order valence-electron chi connectivity index (χ4n) is 2.60. The van der Waals surface area contributed by atoms with Crippen molar-refractivity contribution in [3.8, 4) is 0 Å². The summed E-state index contributed by atoms with van der Waals surface area (Å²) in [6.07, 6.45) is 4.16. The molecule has 0 saturated carbocycles. The molecule has 0 nitrogen and oxygen atoms in total. The smallest absolute Gasteiger partial charge is 0.0368 e. The molecule has 0 N–H and O–H groups in total. The molecule has 0 aliphatic heterocycles. The fraction of sp³-hybridized carbons (Fsp3) is 1.00. The first kappa shape index (κ1) is 15.0. The summed E-state index contributed by atoms with van der Waals surface area (Å²) in [6.45, 7) is 16.6. The highest BCUT2D eigenvalue weighted by molar-refractivity contribution is 4.70. The van der Waals surface area contributed by atoms with E-state index in [0.29, 0.717) is 0 Å².